The van der Waals surface area contributed by atoms with Crippen LogP contribution in [0, 0.1) is 6.92 Å². The first-order valence-electron chi connectivity index (χ1n) is 4.98. The van der Waals surface area contributed by atoms with Crippen molar-refractivity contribution in [3.8, 4) is 0 Å². The van der Waals surface area contributed by atoms with Gasteiger partial charge in [0.05, 0.1) is 4.88 Å². The molecule has 0 spiro atoms. The van der Waals surface area contributed by atoms with E-state index in [-0.39, 0.29) is 5.91 Å². The van der Waals surface area contributed by atoms with Crippen molar-refractivity contribution in [1.82, 2.24) is 14.9 Å². The molecule has 2 aromatic rings. The molecule has 0 bridgehead atoms. The molecule has 1 aromatic heterocycles. The Morgan fingerprint density at radius 2 is 2.12 bits per heavy atom. The Bertz CT molecular complexity index is 524. The average Bonchev–Trinajstić information content (AvgIpc) is 2.74. The largest absolute Gasteiger partial charge is 0.347 e. The van der Waals surface area contributed by atoms with Crippen LogP contribution >= 0.6 is 23.1 Å². The number of hydrogen-bond acceptors (Lipinski definition) is 4. The summed E-state index contributed by atoms with van der Waals surface area (Å²) in [6.45, 7) is 2.27. The van der Waals surface area contributed by atoms with E-state index < -0.39 is 0 Å². The predicted molar refractivity (Wildman–Crippen MR) is 67.3 cm³/mol. The molecular weight excluding hydrogens is 258 g/mol. The van der Waals surface area contributed by atoms with Crippen LogP contribution in [0.15, 0.2) is 24.3 Å². The summed E-state index contributed by atoms with van der Waals surface area (Å²) in [5.74, 6) is -0.203. The number of carbonyl (C=O) groups excluding carboxylic acids is 1. The van der Waals surface area contributed by atoms with Crippen molar-refractivity contribution in [3.05, 3.63) is 45.4 Å². The minimum Gasteiger partial charge on any atom is -0.347 e. The lowest BCUT2D eigenvalue weighted by atomic mass is 10.2. The van der Waals surface area contributed by atoms with Gasteiger partial charge in [0, 0.05) is 11.6 Å². The highest BCUT2D eigenvalue weighted by molar-refractivity contribution is 7.05. The van der Waals surface area contributed by atoms with E-state index in [1.807, 2.05) is 19.1 Å². The third kappa shape index (κ3) is 3.01. The fourth-order valence-corrected chi connectivity index (χ4v) is 1.90. The molecule has 1 aromatic carbocycles. The van der Waals surface area contributed by atoms with Crippen molar-refractivity contribution >= 4 is 29.0 Å². The van der Waals surface area contributed by atoms with Crippen molar-refractivity contribution in [3.63, 3.8) is 0 Å². The number of amides is 1. The quantitative estimate of drug-likeness (QED) is 0.929. The first-order chi connectivity index (χ1) is 8.16. The van der Waals surface area contributed by atoms with E-state index in [2.05, 4.69) is 14.9 Å². The fraction of sp³-hybridized carbons (Fsp3) is 0.182. The highest BCUT2D eigenvalue weighted by Crippen LogP contribution is 2.10. The topological polar surface area (TPSA) is 54.9 Å². The van der Waals surface area contributed by atoms with Crippen molar-refractivity contribution in [2.75, 3.05) is 0 Å². The van der Waals surface area contributed by atoms with Crippen LogP contribution in [0.25, 0.3) is 0 Å². The Hall–Kier alpha value is -1.46. The molecule has 17 heavy (non-hydrogen) atoms. The molecule has 0 aliphatic heterocycles. The van der Waals surface area contributed by atoms with Gasteiger partial charge in [-0.3, -0.25) is 4.79 Å². The molecule has 0 radical (unpaired) electrons. The third-order valence-electron chi connectivity index (χ3n) is 2.23. The van der Waals surface area contributed by atoms with Crippen LogP contribution in [0.4, 0.5) is 0 Å². The molecule has 0 saturated carbocycles. The minimum atomic E-state index is -0.203. The third-order valence-corrected chi connectivity index (χ3v) is 3.12. The maximum absolute atomic E-state index is 11.7. The van der Waals surface area contributed by atoms with E-state index in [1.165, 1.54) is 11.5 Å². The van der Waals surface area contributed by atoms with Gasteiger partial charge in [-0.2, -0.15) is 0 Å². The second-order valence-electron chi connectivity index (χ2n) is 3.49. The summed E-state index contributed by atoms with van der Waals surface area (Å²) >= 11 is 6.99. The van der Waals surface area contributed by atoms with Gasteiger partial charge in [-0.25, -0.2) is 0 Å². The van der Waals surface area contributed by atoms with Crippen LogP contribution in [0.1, 0.15) is 20.9 Å². The minimum absolute atomic E-state index is 0.203. The molecule has 4 nitrogen and oxygen atoms in total. The van der Waals surface area contributed by atoms with Crippen LogP contribution in [-0.4, -0.2) is 15.5 Å². The highest BCUT2D eigenvalue weighted by atomic mass is 35.5. The van der Waals surface area contributed by atoms with E-state index in [0.717, 1.165) is 10.4 Å². The normalized spacial score (nSPS) is 10.2. The molecular formula is C11H10ClN3OS. The molecule has 0 aliphatic rings. The summed E-state index contributed by atoms with van der Waals surface area (Å²) in [7, 11) is 0. The van der Waals surface area contributed by atoms with Crippen LogP contribution in [0.3, 0.4) is 0 Å². The Morgan fingerprint density at radius 3 is 2.71 bits per heavy atom. The van der Waals surface area contributed by atoms with Gasteiger partial charge in [0.25, 0.3) is 5.91 Å². The SMILES string of the molecule is Cc1snnc1C(=O)NCc1ccc(Cl)cc1. The lowest BCUT2D eigenvalue weighted by Crippen LogP contribution is -2.23. The number of benzene rings is 1. The van der Waals surface area contributed by atoms with Crippen LogP contribution in [0.5, 0.6) is 0 Å². The van der Waals surface area contributed by atoms with Crippen molar-refractivity contribution in [2.24, 2.45) is 0 Å². The molecule has 1 amide bonds. The fourth-order valence-electron chi connectivity index (χ4n) is 1.31. The van der Waals surface area contributed by atoms with Crippen LogP contribution in [0.2, 0.25) is 5.02 Å². The lowest BCUT2D eigenvalue weighted by Gasteiger charge is -2.03. The molecule has 88 valence electrons. The molecule has 0 atom stereocenters. The van der Waals surface area contributed by atoms with Gasteiger partial charge in [0.15, 0.2) is 5.69 Å². The van der Waals surface area contributed by atoms with Crippen molar-refractivity contribution in [2.45, 2.75) is 13.5 Å². The van der Waals surface area contributed by atoms with E-state index in [9.17, 15) is 4.79 Å². The van der Waals surface area contributed by atoms with Gasteiger partial charge >= 0.3 is 0 Å². The number of nitrogens with one attached hydrogen (secondary N) is 1. The summed E-state index contributed by atoms with van der Waals surface area (Å²) in [5, 5.41) is 7.24. The zero-order valence-corrected chi connectivity index (χ0v) is 10.7. The molecule has 1 N–H and O–H groups in total. The van der Waals surface area contributed by atoms with E-state index in [4.69, 9.17) is 11.6 Å². The number of aryl methyl sites for hydroxylation is 1. The van der Waals surface area contributed by atoms with Gasteiger partial charge in [-0.05, 0) is 36.2 Å². The number of carbonyl (C=O) groups is 1. The first-order valence-corrected chi connectivity index (χ1v) is 6.13. The molecule has 0 fully saturated rings. The second kappa shape index (κ2) is 5.25. The molecule has 1 heterocycles. The summed E-state index contributed by atoms with van der Waals surface area (Å²) in [6, 6.07) is 7.32. The highest BCUT2D eigenvalue weighted by Gasteiger charge is 2.12. The molecule has 0 aliphatic carbocycles. The standard InChI is InChI=1S/C11H10ClN3OS/c1-7-10(14-15-17-7)11(16)13-6-8-2-4-9(12)5-3-8/h2-5H,6H2,1H3,(H,13,16). The van der Waals surface area contributed by atoms with Gasteiger partial charge in [0.2, 0.25) is 0 Å². The number of hydrogen-bond donors (Lipinski definition) is 1. The van der Waals surface area contributed by atoms with Crippen LogP contribution < -0.4 is 5.32 Å². The zero-order chi connectivity index (χ0) is 12.3. The number of halogens is 1. The smallest absolute Gasteiger partial charge is 0.273 e. The van der Waals surface area contributed by atoms with Gasteiger partial charge in [0.1, 0.15) is 0 Å². The average molecular weight is 268 g/mol. The summed E-state index contributed by atoms with van der Waals surface area (Å²) in [5.41, 5.74) is 1.38. The zero-order valence-electron chi connectivity index (χ0n) is 9.11. The maximum atomic E-state index is 11.7. The molecule has 2 rings (SSSR count). The van der Waals surface area contributed by atoms with E-state index in [1.54, 1.807) is 12.1 Å². The van der Waals surface area contributed by atoms with Crippen LogP contribution in [-0.2, 0) is 6.54 Å². The Morgan fingerprint density at radius 1 is 1.41 bits per heavy atom. The predicted octanol–water partition coefficient (Wildman–Crippen LogP) is 2.43. The number of nitrogens with zero attached hydrogens (tertiary/aromatic N) is 2. The van der Waals surface area contributed by atoms with Gasteiger partial charge < -0.3 is 5.32 Å². The summed E-state index contributed by atoms with van der Waals surface area (Å²) in [6.07, 6.45) is 0. The molecule has 6 heteroatoms. The lowest BCUT2D eigenvalue weighted by molar-refractivity contribution is 0.0945. The monoisotopic (exact) mass is 267 g/mol. The number of rotatable bonds is 3. The van der Waals surface area contributed by atoms with E-state index >= 15 is 0 Å². The summed E-state index contributed by atoms with van der Waals surface area (Å²) in [4.78, 5) is 12.6. The van der Waals surface area contributed by atoms with Crippen molar-refractivity contribution in [1.29, 1.82) is 0 Å². The Labute approximate surface area is 108 Å². The second-order valence-corrected chi connectivity index (χ2v) is 4.88. The molecule has 0 saturated heterocycles. The maximum Gasteiger partial charge on any atom is 0.273 e. The first kappa shape index (κ1) is 12.0. The molecule has 0 unspecified atom stereocenters. The Kier molecular flexibility index (Phi) is 3.71. The van der Waals surface area contributed by atoms with Gasteiger partial charge in [-0.1, -0.05) is 28.2 Å². The van der Waals surface area contributed by atoms with E-state index in [0.29, 0.717) is 17.3 Å². The summed E-state index contributed by atoms with van der Waals surface area (Å²) < 4.78 is 3.72. The number of aromatic nitrogens is 2. The van der Waals surface area contributed by atoms with Crippen molar-refractivity contribution < 1.29 is 4.79 Å². The van der Waals surface area contributed by atoms with Gasteiger partial charge in [-0.15, -0.1) is 5.10 Å². The Balaban J connectivity index is 1.97.